The van der Waals surface area contributed by atoms with Crippen molar-refractivity contribution in [2.45, 2.75) is 5.41 Å². The molecule has 0 N–H and O–H groups in total. The number of hydrogen-bond acceptors (Lipinski definition) is 2. The third-order valence-electron chi connectivity index (χ3n) is 12.4. The molecular weight excluding hydrogens is 771 g/mol. The van der Waals surface area contributed by atoms with E-state index in [1.807, 2.05) is 12.1 Å². The summed E-state index contributed by atoms with van der Waals surface area (Å²) in [5.41, 5.74) is 19.6. The van der Waals surface area contributed by atoms with Gasteiger partial charge in [0.2, 0.25) is 0 Å². The van der Waals surface area contributed by atoms with Gasteiger partial charge in [-0.2, -0.15) is 0 Å². The predicted octanol–water partition coefficient (Wildman–Crippen LogP) is 15.5. The van der Waals surface area contributed by atoms with Gasteiger partial charge in [0.25, 0.3) is 0 Å². The number of benzene rings is 9. The summed E-state index contributed by atoms with van der Waals surface area (Å²) in [7, 11) is 0. The second kappa shape index (κ2) is 12.8. The number of furan rings is 1. The highest BCUT2D eigenvalue weighted by molar-refractivity contribution is 9.10. The van der Waals surface area contributed by atoms with Crippen LogP contribution in [0.25, 0.3) is 66.4 Å². The summed E-state index contributed by atoms with van der Waals surface area (Å²) in [5.74, 6) is 0. The molecule has 2 aliphatic rings. The largest absolute Gasteiger partial charge is 0.455 e. The van der Waals surface area contributed by atoms with Crippen molar-refractivity contribution in [1.82, 2.24) is 0 Å². The molecule has 1 aromatic heterocycles. The van der Waals surface area contributed by atoms with Gasteiger partial charge in [0.05, 0.1) is 11.1 Å². The van der Waals surface area contributed by atoms with Crippen LogP contribution in [0.1, 0.15) is 22.3 Å². The Labute approximate surface area is 345 Å². The minimum atomic E-state index is -0.463. The molecule has 272 valence electrons. The molecule has 1 spiro atoms. The number of para-hydroxylation sites is 2. The number of rotatable bonds is 5. The predicted molar refractivity (Wildman–Crippen MR) is 243 cm³/mol. The fourth-order valence-corrected chi connectivity index (χ4v) is 10.6. The first kappa shape index (κ1) is 33.2. The molecule has 0 aliphatic heterocycles. The molecule has 0 amide bonds. The maximum absolute atomic E-state index is 6.48. The Morgan fingerprint density at radius 3 is 1.64 bits per heavy atom. The Morgan fingerprint density at radius 1 is 0.379 bits per heavy atom. The van der Waals surface area contributed by atoms with E-state index in [1.165, 1.54) is 55.6 Å². The van der Waals surface area contributed by atoms with E-state index in [0.29, 0.717) is 0 Å². The van der Waals surface area contributed by atoms with Gasteiger partial charge in [-0.05, 0) is 92.5 Å². The molecule has 0 saturated heterocycles. The highest BCUT2D eigenvalue weighted by Gasteiger charge is 2.52. The molecule has 0 fully saturated rings. The van der Waals surface area contributed by atoms with E-state index in [1.54, 1.807) is 0 Å². The smallest absolute Gasteiger partial charge is 0.143 e. The number of nitrogens with zero attached hydrogens (tertiary/aromatic N) is 1. The number of fused-ring (bicyclic) bond motifs is 13. The first-order valence-corrected chi connectivity index (χ1v) is 20.6. The van der Waals surface area contributed by atoms with E-state index in [2.05, 4.69) is 215 Å². The van der Waals surface area contributed by atoms with Crippen molar-refractivity contribution in [2.24, 2.45) is 0 Å². The Kier molecular flexibility index (Phi) is 7.33. The lowest BCUT2D eigenvalue weighted by Gasteiger charge is -2.32. The molecule has 0 bridgehead atoms. The molecule has 2 aliphatic carbocycles. The normalized spacial score (nSPS) is 14.7. The van der Waals surface area contributed by atoms with Gasteiger partial charge in [0, 0.05) is 43.3 Å². The Balaban J connectivity index is 1.08. The summed E-state index contributed by atoms with van der Waals surface area (Å²) < 4.78 is 7.60. The highest BCUT2D eigenvalue weighted by Crippen LogP contribution is 2.65. The third kappa shape index (κ3) is 4.65. The van der Waals surface area contributed by atoms with Crippen LogP contribution in [0.3, 0.4) is 0 Å². The van der Waals surface area contributed by atoms with Crippen LogP contribution in [-0.4, -0.2) is 0 Å². The minimum Gasteiger partial charge on any atom is -0.455 e. The van der Waals surface area contributed by atoms with E-state index in [4.69, 9.17) is 4.42 Å². The van der Waals surface area contributed by atoms with Crippen LogP contribution in [0.4, 0.5) is 17.1 Å². The van der Waals surface area contributed by atoms with E-state index in [-0.39, 0.29) is 0 Å². The zero-order chi connectivity index (χ0) is 38.4. The van der Waals surface area contributed by atoms with Crippen LogP contribution in [0.5, 0.6) is 0 Å². The zero-order valence-corrected chi connectivity index (χ0v) is 32.9. The topological polar surface area (TPSA) is 16.4 Å². The lowest BCUT2D eigenvalue weighted by molar-refractivity contribution is 0.670. The van der Waals surface area contributed by atoms with Gasteiger partial charge in [-0.1, -0.05) is 180 Å². The first-order chi connectivity index (χ1) is 28.7. The molecule has 0 radical (unpaired) electrons. The molecule has 1 heterocycles. The maximum Gasteiger partial charge on any atom is 0.143 e. The van der Waals surface area contributed by atoms with Crippen LogP contribution >= 0.6 is 15.9 Å². The number of halogens is 1. The van der Waals surface area contributed by atoms with Crippen molar-refractivity contribution in [3.8, 4) is 44.5 Å². The van der Waals surface area contributed by atoms with Crippen LogP contribution < -0.4 is 4.90 Å². The number of hydrogen-bond donors (Lipinski definition) is 0. The van der Waals surface area contributed by atoms with Crippen molar-refractivity contribution in [3.63, 3.8) is 0 Å². The fraction of sp³-hybridized carbons (Fsp3) is 0.0182. The Hall–Kier alpha value is -6.94. The first-order valence-electron chi connectivity index (χ1n) is 19.8. The van der Waals surface area contributed by atoms with E-state index >= 15 is 0 Å². The fourth-order valence-electron chi connectivity index (χ4n) is 9.98. The van der Waals surface area contributed by atoms with Crippen molar-refractivity contribution in [2.75, 3.05) is 4.90 Å². The molecule has 0 saturated carbocycles. The second-order valence-corrected chi connectivity index (χ2v) is 16.1. The third-order valence-corrected chi connectivity index (χ3v) is 13.0. The molecule has 2 nitrogen and oxygen atoms in total. The zero-order valence-electron chi connectivity index (χ0n) is 31.4. The van der Waals surface area contributed by atoms with Gasteiger partial charge in [-0.15, -0.1) is 0 Å². The molecule has 9 aromatic carbocycles. The minimum absolute atomic E-state index is 0.463. The monoisotopic (exact) mass is 803 g/mol. The Morgan fingerprint density at radius 2 is 0.897 bits per heavy atom. The molecule has 1 atom stereocenters. The van der Waals surface area contributed by atoms with Gasteiger partial charge in [-0.3, -0.25) is 0 Å². The van der Waals surface area contributed by atoms with Gasteiger partial charge in [0.15, 0.2) is 0 Å². The van der Waals surface area contributed by atoms with Crippen molar-refractivity contribution in [3.05, 3.63) is 233 Å². The van der Waals surface area contributed by atoms with Crippen LogP contribution in [0, 0.1) is 0 Å². The standard InChI is InChI=1S/C55H34BrNO/c56-49-24-11-22-47-52(49)43-16-4-7-20-45(43)55(47)46-21-8-5-17-44(46)53-48(55)23-12-25-50(53)57(38-31-27-36(28-32-38)35-13-2-1-3-14-35)39-33-29-37(30-34-39)40-18-10-19-42-41-15-6-9-26-51(41)58-54(40)42/h1-34H. The molecule has 58 heavy (non-hydrogen) atoms. The average Bonchev–Trinajstić information content (AvgIpc) is 3.92. The van der Waals surface area contributed by atoms with Crippen LogP contribution in [0.15, 0.2) is 215 Å². The van der Waals surface area contributed by atoms with Gasteiger partial charge >= 0.3 is 0 Å². The maximum atomic E-state index is 6.48. The van der Waals surface area contributed by atoms with E-state index in [9.17, 15) is 0 Å². The Bertz CT molecular complexity index is 3240. The lowest BCUT2D eigenvalue weighted by atomic mass is 9.70. The summed E-state index contributed by atoms with van der Waals surface area (Å²) >= 11 is 3.98. The van der Waals surface area contributed by atoms with Crippen LogP contribution in [-0.2, 0) is 5.41 Å². The SMILES string of the molecule is Brc1cccc2c1-c1ccccc1C21c2ccccc2-c2c(N(c3ccc(-c4ccccc4)cc3)c3ccc(-c4cccc5c4oc4ccccc45)cc3)cccc21. The molecule has 3 heteroatoms. The summed E-state index contributed by atoms with van der Waals surface area (Å²) in [5, 5.41) is 2.27. The molecule has 1 unspecified atom stereocenters. The lowest BCUT2D eigenvalue weighted by Crippen LogP contribution is -2.26. The van der Waals surface area contributed by atoms with Crippen molar-refractivity contribution in [1.29, 1.82) is 0 Å². The summed E-state index contributed by atoms with van der Waals surface area (Å²) in [6, 6.07) is 75.0. The molecular formula is C55H34BrNO. The summed E-state index contributed by atoms with van der Waals surface area (Å²) in [6.45, 7) is 0. The second-order valence-electron chi connectivity index (χ2n) is 15.3. The molecule has 12 rings (SSSR count). The van der Waals surface area contributed by atoms with Gasteiger partial charge in [0.1, 0.15) is 11.2 Å². The van der Waals surface area contributed by atoms with Crippen molar-refractivity contribution < 1.29 is 4.42 Å². The van der Waals surface area contributed by atoms with Crippen LogP contribution in [0.2, 0.25) is 0 Å². The van der Waals surface area contributed by atoms with E-state index in [0.717, 1.165) is 54.6 Å². The highest BCUT2D eigenvalue weighted by atomic mass is 79.9. The van der Waals surface area contributed by atoms with Crippen molar-refractivity contribution >= 4 is 54.9 Å². The van der Waals surface area contributed by atoms with E-state index < -0.39 is 5.41 Å². The summed E-state index contributed by atoms with van der Waals surface area (Å²) in [4.78, 5) is 2.44. The molecule has 10 aromatic rings. The average molecular weight is 805 g/mol. The summed E-state index contributed by atoms with van der Waals surface area (Å²) in [6.07, 6.45) is 0. The van der Waals surface area contributed by atoms with Gasteiger partial charge in [-0.25, -0.2) is 0 Å². The van der Waals surface area contributed by atoms with Gasteiger partial charge < -0.3 is 9.32 Å². The number of anilines is 3. The quantitative estimate of drug-likeness (QED) is 0.172.